The Morgan fingerprint density at radius 2 is 2.04 bits per heavy atom. The number of anilines is 2. The lowest BCUT2D eigenvalue weighted by Crippen LogP contribution is -2.36. The SMILES string of the molecule is O=C(NCF)N(c1ccccc1)c1ccc([N+](=O)[O-])cc1-c1nnn[nH]1. The van der Waals surface area contributed by atoms with E-state index in [2.05, 4.69) is 25.9 Å². The highest BCUT2D eigenvalue weighted by Crippen LogP contribution is 2.36. The number of nitrogens with one attached hydrogen (secondary N) is 2. The van der Waals surface area contributed by atoms with E-state index in [1.54, 1.807) is 30.3 Å². The van der Waals surface area contributed by atoms with Crippen LogP contribution in [0.1, 0.15) is 0 Å². The van der Waals surface area contributed by atoms with E-state index >= 15 is 0 Å². The number of nitro benzene ring substituents is 1. The average molecular weight is 357 g/mol. The Morgan fingerprint density at radius 1 is 1.27 bits per heavy atom. The number of alkyl halides is 1. The van der Waals surface area contributed by atoms with Crippen LogP contribution in [0.25, 0.3) is 11.4 Å². The molecule has 2 amide bonds. The third-order valence-corrected chi connectivity index (χ3v) is 3.47. The lowest BCUT2D eigenvalue weighted by Gasteiger charge is -2.24. The Morgan fingerprint density at radius 3 is 2.65 bits per heavy atom. The summed E-state index contributed by atoms with van der Waals surface area (Å²) in [5.74, 6) is 0.123. The molecule has 0 saturated heterocycles. The minimum Gasteiger partial charge on any atom is -0.310 e. The molecule has 1 aromatic heterocycles. The van der Waals surface area contributed by atoms with Crippen LogP contribution in [0.2, 0.25) is 0 Å². The first kappa shape index (κ1) is 17.0. The molecular formula is C15H12FN7O3. The molecule has 0 atom stereocenters. The van der Waals surface area contributed by atoms with E-state index in [9.17, 15) is 19.3 Å². The quantitative estimate of drug-likeness (QED) is 0.410. The molecule has 0 unspecified atom stereocenters. The van der Waals surface area contributed by atoms with E-state index in [1.807, 2.05) is 0 Å². The predicted octanol–water partition coefficient (Wildman–Crippen LogP) is 2.55. The van der Waals surface area contributed by atoms with Crippen molar-refractivity contribution in [3.05, 3.63) is 58.6 Å². The Balaban J connectivity index is 2.20. The van der Waals surface area contributed by atoms with E-state index in [0.29, 0.717) is 5.69 Å². The summed E-state index contributed by atoms with van der Waals surface area (Å²) < 4.78 is 12.7. The van der Waals surface area contributed by atoms with Gasteiger partial charge in [0.05, 0.1) is 21.9 Å². The largest absolute Gasteiger partial charge is 0.328 e. The number of tetrazole rings is 1. The number of non-ortho nitro benzene ring substituents is 1. The highest BCUT2D eigenvalue weighted by molar-refractivity contribution is 6.02. The number of carbonyl (C=O) groups excluding carboxylic acids is 1. The number of urea groups is 1. The van der Waals surface area contributed by atoms with Gasteiger partial charge in [-0.25, -0.2) is 14.3 Å². The number of benzene rings is 2. The Bertz CT molecular complexity index is 918. The Hall–Kier alpha value is -3.89. The third kappa shape index (κ3) is 3.31. The van der Waals surface area contributed by atoms with Crippen LogP contribution in [0.4, 0.5) is 26.2 Å². The number of carbonyl (C=O) groups is 1. The van der Waals surface area contributed by atoms with Crippen molar-refractivity contribution in [1.82, 2.24) is 25.9 Å². The molecule has 11 heteroatoms. The van der Waals surface area contributed by atoms with Gasteiger partial charge in [-0.2, -0.15) is 0 Å². The molecule has 3 rings (SSSR count). The summed E-state index contributed by atoms with van der Waals surface area (Å²) in [6.45, 7) is -1.08. The first-order chi connectivity index (χ1) is 12.6. The Kier molecular flexibility index (Phi) is 4.78. The fraction of sp³-hybridized carbons (Fsp3) is 0.0667. The zero-order valence-corrected chi connectivity index (χ0v) is 13.2. The summed E-state index contributed by atoms with van der Waals surface area (Å²) in [5, 5.41) is 26.4. The van der Waals surface area contributed by atoms with Gasteiger partial charge < -0.3 is 5.32 Å². The van der Waals surface area contributed by atoms with Gasteiger partial charge in [-0.15, -0.1) is 5.10 Å². The van der Waals surface area contributed by atoms with E-state index in [-0.39, 0.29) is 22.8 Å². The summed E-state index contributed by atoms with van der Waals surface area (Å²) in [6, 6.07) is 11.5. The van der Waals surface area contributed by atoms with Crippen molar-refractivity contribution in [3.8, 4) is 11.4 Å². The maximum absolute atomic E-state index is 12.7. The summed E-state index contributed by atoms with van der Waals surface area (Å²) >= 11 is 0. The number of nitrogens with zero attached hydrogens (tertiary/aromatic N) is 5. The molecular weight excluding hydrogens is 345 g/mol. The number of aromatic amines is 1. The molecule has 2 aromatic carbocycles. The van der Waals surface area contributed by atoms with E-state index in [0.717, 1.165) is 0 Å². The second-order valence-corrected chi connectivity index (χ2v) is 4.99. The van der Waals surface area contributed by atoms with E-state index in [4.69, 9.17) is 0 Å². The number of H-pyrrole nitrogens is 1. The summed E-state index contributed by atoms with van der Waals surface area (Å²) in [5.41, 5.74) is 0.674. The van der Waals surface area contributed by atoms with Crippen molar-refractivity contribution >= 4 is 23.1 Å². The van der Waals surface area contributed by atoms with Crippen LogP contribution in [0.3, 0.4) is 0 Å². The number of hydrogen-bond acceptors (Lipinski definition) is 6. The number of amides is 2. The number of para-hydroxylation sites is 1. The summed E-state index contributed by atoms with van der Waals surface area (Å²) in [4.78, 5) is 24.2. The van der Waals surface area contributed by atoms with Crippen LogP contribution in [0.5, 0.6) is 0 Å². The molecule has 0 spiro atoms. The number of hydrogen-bond donors (Lipinski definition) is 2. The highest BCUT2D eigenvalue weighted by Gasteiger charge is 2.24. The average Bonchev–Trinajstić information content (AvgIpc) is 3.18. The normalized spacial score (nSPS) is 10.3. The fourth-order valence-electron chi connectivity index (χ4n) is 2.37. The summed E-state index contributed by atoms with van der Waals surface area (Å²) in [6.07, 6.45) is 0. The number of rotatable bonds is 5. The van der Waals surface area contributed by atoms with E-state index < -0.39 is 17.8 Å². The lowest BCUT2D eigenvalue weighted by molar-refractivity contribution is -0.384. The zero-order chi connectivity index (χ0) is 18.5. The van der Waals surface area contributed by atoms with Gasteiger partial charge in [0.1, 0.15) is 0 Å². The molecule has 0 aliphatic heterocycles. The maximum atomic E-state index is 12.7. The molecule has 0 saturated carbocycles. The molecule has 2 N–H and O–H groups in total. The standard InChI is InChI=1S/C15H12FN7O3/c16-9-17-15(24)22(10-4-2-1-3-5-10)13-7-6-11(23(25)26)8-12(13)14-18-20-21-19-14/h1-8H,9H2,(H,17,24)(H,18,19,20,21). The number of aromatic nitrogens is 4. The number of nitro groups is 1. The molecule has 1 heterocycles. The van der Waals surface area contributed by atoms with Crippen molar-refractivity contribution in [1.29, 1.82) is 0 Å². The van der Waals surface area contributed by atoms with Crippen molar-refractivity contribution in [2.24, 2.45) is 0 Å². The van der Waals surface area contributed by atoms with Crippen LogP contribution in [-0.4, -0.2) is 38.4 Å². The molecule has 0 fully saturated rings. The van der Waals surface area contributed by atoms with Crippen LogP contribution in [0, 0.1) is 10.1 Å². The van der Waals surface area contributed by atoms with Crippen molar-refractivity contribution in [2.45, 2.75) is 0 Å². The first-order valence-corrected chi connectivity index (χ1v) is 7.33. The maximum Gasteiger partial charge on any atom is 0.328 e. The number of halogens is 1. The van der Waals surface area contributed by atoms with Crippen molar-refractivity contribution < 1.29 is 14.1 Å². The molecule has 3 aromatic rings. The molecule has 0 radical (unpaired) electrons. The summed E-state index contributed by atoms with van der Waals surface area (Å²) in [7, 11) is 0. The van der Waals surface area contributed by atoms with Gasteiger partial charge in [0.25, 0.3) is 5.69 Å². The monoisotopic (exact) mass is 357 g/mol. The van der Waals surface area contributed by atoms with Crippen molar-refractivity contribution in [3.63, 3.8) is 0 Å². The van der Waals surface area contributed by atoms with Gasteiger partial charge in [0.2, 0.25) is 0 Å². The molecule has 132 valence electrons. The van der Waals surface area contributed by atoms with Gasteiger partial charge in [0, 0.05) is 12.1 Å². The minimum absolute atomic E-state index is 0.123. The second kappa shape index (κ2) is 7.34. The first-order valence-electron chi connectivity index (χ1n) is 7.33. The molecule has 0 aliphatic rings. The van der Waals surface area contributed by atoms with Gasteiger partial charge in [-0.05, 0) is 28.6 Å². The fourth-order valence-corrected chi connectivity index (χ4v) is 2.37. The van der Waals surface area contributed by atoms with Gasteiger partial charge >= 0.3 is 6.03 Å². The minimum atomic E-state index is -1.08. The van der Waals surface area contributed by atoms with Crippen LogP contribution >= 0.6 is 0 Å². The molecule has 0 aliphatic carbocycles. The van der Waals surface area contributed by atoms with Crippen LogP contribution < -0.4 is 10.2 Å². The Labute approximate surface area is 145 Å². The molecule has 10 nitrogen and oxygen atoms in total. The topological polar surface area (TPSA) is 130 Å². The van der Waals surface area contributed by atoms with Gasteiger partial charge in [-0.1, -0.05) is 18.2 Å². The second-order valence-electron chi connectivity index (χ2n) is 4.99. The molecule has 26 heavy (non-hydrogen) atoms. The predicted molar refractivity (Wildman–Crippen MR) is 89.4 cm³/mol. The van der Waals surface area contributed by atoms with Crippen LogP contribution in [-0.2, 0) is 0 Å². The molecule has 0 bridgehead atoms. The highest BCUT2D eigenvalue weighted by atomic mass is 19.1. The zero-order valence-electron chi connectivity index (χ0n) is 13.2. The van der Waals surface area contributed by atoms with Gasteiger partial charge in [0.15, 0.2) is 12.6 Å². The van der Waals surface area contributed by atoms with E-state index in [1.165, 1.54) is 23.1 Å². The van der Waals surface area contributed by atoms with Crippen LogP contribution in [0.15, 0.2) is 48.5 Å². The smallest absolute Gasteiger partial charge is 0.310 e. The van der Waals surface area contributed by atoms with Crippen molar-refractivity contribution in [2.75, 3.05) is 11.7 Å². The van der Waals surface area contributed by atoms with Gasteiger partial charge in [-0.3, -0.25) is 15.0 Å². The third-order valence-electron chi connectivity index (χ3n) is 3.47. The lowest BCUT2D eigenvalue weighted by atomic mass is 10.1.